The molecule has 1 aromatic heterocycles. The van der Waals surface area contributed by atoms with E-state index in [0.29, 0.717) is 34.0 Å². The van der Waals surface area contributed by atoms with Gasteiger partial charge in [-0.15, -0.1) is 0 Å². The SMILES string of the molecule is CCOc1ccc(/C=C2\S/C(=N/c3ccccn3)N(C)C2=O)cc1OC. The van der Waals surface area contributed by atoms with Gasteiger partial charge in [0.05, 0.1) is 18.6 Å². The molecule has 0 N–H and O–H groups in total. The second kappa shape index (κ2) is 8.05. The van der Waals surface area contributed by atoms with Gasteiger partial charge >= 0.3 is 0 Å². The van der Waals surface area contributed by atoms with Gasteiger partial charge in [-0.1, -0.05) is 12.1 Å². The summed E-state index contributed by atoms with van der Waals surface area (Å²) in [5.74, 6) is 1.78. The van der Waals surface area contributed by atoms with Gasteiger partial charge in [0, 0.05) is 13.2 Å². The number of aliphatic imine (C=N–C) groups is 1. The molecule has 1 fully saturated rings. The molecule has 2 heterocycles. The molecule has 0 radical (unpaired) electrons. The summed E-state index contributed by atoms with van der Waals surface area (Å²) >= 11 is 1.32. The van der Waals surface area contributed by atoms with Crippen molar-refractivity contribution in [1.82, 2.24) is 9.88 Å². The molecule has 0 spiro atoms. The van der Waals surface area contributed by atoms with E-state index in [4.69, 9.17) is 9.47 Å². The minimum atomic E-state index is -0.0995. The molecule has 1 aliphatic rings. The number of benzene rings is 1. The number of ether oxygens (including phenoxy) is 2. The Labute approximate surface area is 156 Å². The number of carbonyl (C=O) groups excluding carboxylic acids is 1. The number of rotatable bonds is 5. The van der Waals surface area contributed by atoms with Gasteiger partial charge in [-0.2, -0.15) is 0 Å². The van der Waals surface area contributed by atoms with Crippen molar-refractivity contribution in [3.8, 4) is 11.5 Å². The lowest BCUT2D eigenvalue weighted by Gasteiger charge is -2.09. The van der Waals surface area contributed by atoms with Crippen molar-refractivity contribution in [2.75, 3.05) is 20.8 Å². The van der Waals surface area contributed by atoms with Gasteiger partial charge < -0.3 is 9.47 Å². The summed E-state index contributed by atoms with van der Waals surface area (Å²) in [5, 5.41) is 0.595. The maximum atomic E-state index is 12.5. The molecule has 1 amide bonds. The number of thioether (sulfide) groups is 1. The van der Waals surface area contributed by atoms with Crippen molar-refractivity contribution in [3.05, 3.63) is 53.1 Å². The van der Waals surface area contributed by atoms with Crippen molar-refractivity contribution in [2.24, 2.45) is 4.99 Å². The van der Waals surface area contributed by atoms with Gasteiger partial charge in [-0.25, -0.2) is 9.98 Å². The number of amidine groups is 1. The van der Waals surface area contributed by atoms with Gasteiger partial charge in [-0.05, 0) is 54.6 Å². The molecule has 2 aromatic rings. The zero-order valence-corrected chi connectivity index (χ0v) is 15.6. The summed E-state index contributed by atoms with van der Waals surface area (Å²) in [6, 6.07) is 11.1. The van der Waals surface area contributed by atoms with Crippen LogP contribution in [0.4, 0.5) is 5.82 Å². The number of methoxy groups -OCH3 is 1. The average molecular weight is 369 g/mol. The zero-order chi connectivity index (χ0) is 18.5. The standard InChI is InChI=1S/C19H19N3O3S/c1-4-25-14-9-8-13(11-15(14)24-3)12-16-18(23)22(2)19(26-16)21-17-7-5-6-10-20-17/h5-12H,4H2,1-3H3/b16-12-,21-19+. The van der Waals surface area contributed by atoms with Crippen molar-refractivity contribution >= 4 is 34.7 Å². The first-order valence-electron chi connectivity index (χ1n) is 8.10. The van der Waals surface area contributed by atoms with Crippen molar-refractivity contribution in [3.63, 3.8) is 0 Å². The van der Waals surface area contributed by atoms with Crippen LogP contribution in [-0.2, 0) is 4.79 Å². The molecule has 7 heteroatoms. The predicted molar refractivity (Wildman–Crippen MR) is 104 cm³/mol. The van der Waals surface area contributed by atoms with Crippen LogP contribution in [0.3, 0.4) is 0 Å². The first-order valence-corrected chi connectivity index (χ1v) is 8.92. The van der Waals surface area contributed by atoms with E-state index in [1.54, 1.807) is 26.4 Å². The number of hydrogen-bond acceptors (Lipinski definition) is 6. The smallest absolute Gasteiger partial charge is 0.266 e. The highest BCUT2D eigenvalue weighted by molar-refractivity contribution is 8.18. The lowest BCUT2D eigenvalue weighted by molar-refractivity contribution is -0.121. The highest BCUT2D eigenvalue weighted by atomic mass is 32.2. The molecule has 1 saturated heterocycles. The van der Waals surface area contributed by atoms with Crippen molar-refractivity contribution < 1.29 is 14.3 Å². The second-order valence-electron chi connectivity index (χ2n) is 5.40. The number of carbonyl (C=O) groups is 1. The number of pyridine rings is 1. The fourth-order valence-electron chi connectivity index (χ4n) is 2.37. The summed E-state index contributed by atoms with van der Waals surface area (Å²) in [4.78, 5) is 23.2. The third-order valence-corrected chi connectivity index (χ3v) is 4.71. The van der Waals surface area contributed by atoms with Crippen LogP contribution in [0.2, 0.25) is 0 Å². The zero-order valence-electron chi connectivity index (χ0n) is 14.8. The van der Waals surface area contributed by atoms with Crippen molar-refractivity contribution in [1.29, 1.82) is 0 Å². The Kier molecular flexibility index (Phi) is 5.58. The van der Waals surface area contributed by atoms with Gasteiger partial charge in [0.2, 0.25) is 0 Å². The molecule has 0 unspecified atom stereocenters. The van der Waals surface area contributed by atoms with Crippen LogP contribution in [-0.4, -0.2) is 41.7 Å². The van der Waals surface area contributed by atoms with E-state index in [0.717, 1.165) is 5.56 Å². The number of amides is 1. The van der Waals surface area contributed by atoms with Crippen LogP contribution in [0.5, 0.6) is 11.5 Å². The summed E-state index contributed by atoms with van der Waals surface area (Å²) in [7, 11) is 3.30. The van der Waals surface area contributed by atoms with Crippen LogP contribution in [0.25, 0.3) is 6.08 Å². The van der Waals surface area contributed by atoms with Crippen molar-refractivity contribution in [2.45, 2.75) is 6.92 Å². The van der Waals surface area contributed by atoms with E-state index in [1.165, 1.54) is 16.7 Å². The maximum absolute atomic E-state index is 12.5. The minimum absolute atomic E-state index is 0.0995. The molecule has 134 valence electrons. The Bertz CT molecular complexity index is 866. The third kappa shape index (κ3) is 3.88. The third-order valence-electron chi connectivity index (χ3n) is 3.65. The van der Waals surface area contributed by atoms with Gasteiger partial charge in [0.25, 0.3) is 5.91 Å². The van der Waals surface area contributed by atoms with E-state index in [1.807, 2.05) is 43.3 Å². The maximum Gasteiger partial charge on any atom is 0.266 e. The lowest BCUT2D eigenvalue weighted by Crippen LogP contribution is -2.23. The molecule has 0 aliphatic carbocycles. The van der Waals surface area contributed by atoms with E-state index < -0.39 is 0 Å². The van der Waals surface area contributed by atoms with Crippen LogP contribution >= 0.6 is 11.8 Å². The Morgan fingerprint density at radius 1 is 1.27 bits per heavy atom. The molecular formula is C19H19N3O3S. The largest absolute Gasteiger partial charge is 0.493 e. The number of aromatic nitrogens is 1. The van der Waals surface area contributed by atoms with E-state index in [9.17, 15) is 4.79 Å². The summed E-state index contributed by atoms with van der Waals surface area (Å²) in [5.41, 5.74) is 0.855. The van der Waals surface area contributed by atoms with Gasteiger partial charge in [0.15, 0.2) is 22.5 Å². The van der Waals surface area contributed by atoms with E-state index in [-0.39, 0.29) is 5.91 Å². The minimum Gasteiger partial charge on any atom is -0.493 e. The quantitative estimate of drug-likeness (QED) is 0.752. The second-order valence-corrected chi connectivity index (χ2v) is 6.41. The van der Waals surface area contributed by atoms with E-state index >= 15 is 0 Å². The highest BCUT2D eigenvalue weighted by Gasteiger charge is 2.30. The first kappa shape index (κ1) is 18.0. The van der Waals surface area contributed by atoms with Crippen LogP contribution in [0.1, 0.15) is 12.5 Å². The average Bonchev–Trinajstić information content (AvgIpc) is 2.92. The lowest BCUT2D eigenvalue weighted by atomic mass is 10.2. The molecule has 6 nitrogen and oxygen atoms in total. The summed E-state index contributed by atoms with van der Waals surface area (Å²) in [6.07, 6.45) is 3.49. The molecule has 0 atom stereocenters. The monoisotopic (exact) mass is 369 g/mol. The Balaban J connectivity index is 1.87. The van der Waals surface area contributed by atoms with Crippen LogP contribution in [0, 0.1) is 0 Å². The molecule has 0 saturated carbocycles. The number of likely N-dealkylation sites (N-methyl/N-ethyl adjacent to an activating group) is 1. The fraction of sp³-hybridized carbons (Fsp3) is 0.211. The molecule has 3 rings (SSSR count). The highest BCUT2D eigenvalue weighted by Crippen LogP contribution is 2.34. The fourth-order valence-corrected chi connectivity index (χ4v) is 3.34. The first-order chi connectivity index (χ1) is 12.6. The summed E-state index contributed by atoms with van der Waals surface area (Å²) in [6.45, 7) is 2.48. The van der Waals surface area contributed by atoms with Crippen LogP contribution in [0.15, 0.2) is 52.5 Å². The summed E-state index contributed by atoms with van der Waals surface area (Å²) < 4.78 is 10.9. The Morgan fingerprint density at radius 2 is 2.12 bits per heavy atom. The van der Waals surface area contributed by atoms with E-state index in [2.05, 4.69) is 9.98 Å². The molecule has 1 aliphatic heterocycles. The molecule has 26 heavy (non-hydrogen) atoms. The number of hydrogen-bond donors (Lipinski definition) is 0. The van der Waals surface area contributed by atoms with Crippen LogP contribution < -0.4 is 9.47 Å². The van der Waals surface area contributed by atoms with Gasteiger partial charge in [-0.3, -0.25) is 9.69 Å². The molecule has 1 aromatic carbocycles. The topological polar surface area (TPSA) is 64.0 Å². The Morgan fingerprint density at radius 3 is 2.81 bits per heavy atom. The normalized spacial score (nSPS) is 17.2. The predicted octanol–water partition coefficient (Wildman–Crippen LogP) is 3.72. The molecular weight excluding hydrogens is 350 g/mol. The Hall–Kier alpha value is -2.80. The number of nitrogens with zero attached hydrogens (tertiary/aromatic N) is 3. The van der Waals surface area contributed by atoms with Gasteiger partial charge in [0.1, 0.15) is 0 Å². The molecule has 0 bridgehead atoms.